The van der Waals surface area contributed by atoms with Crippen LogP contribution in [0.1, 0.15) is 12.8 Å². The van der Waals surface area contributed by atoms with Crippen molar-refractivity contribution in [2.24, 2.45) is 0 Å². The smallest absolute Gasteiger partial charge is 0.321 e. The number of carbonyl (C=O) groups is 2. The molecule has 0 unspecified atom stereocenters. The average Bonchev–Trinajstić information content (AvgIpc) is 3.05. The van der Waals surface area contributed by atoms with E-state index in [0.29, 0.717) is 23.3 Å². The molecule has 1 saturated carbocycles. The molecule has 1 fully saturated rings. The second-order valence-electron chi connectivity index (χ2n) is 5.27. The molecule has 1 aliphatic carbocycles. The van der Waals surface area contributed by atoms with Crippen molar-refractivity contribution in [1.82, 2.24) is 25.4 Å². The fourth-order valence-corrected chi connectivity index (χ4v) is 2.77. The lowest BCUT2D eigenvalue weighted by Crippen LogP contribution is -2.41. The molecule has 0 atom stereocenters. The zero-order valence-electron chi connectivity index (χ0n) is 12.9. The van der Waals surface area contributed by atoms with Crippen LogP contribution in [-0.4, -0.2) is 38.5 Å². The van der Waals surface area contributed by atoms with Crippen molar-refractivity contribution in [3.8, 4) is 11.6 Å². The van der Waals surface area contributed by atoms with Crippen LogP contribution in [0.25, 0.3) is 11.6 Å². The van der Waals surface area contributed by atoms with Crippen LogP contribution in [0.3, 0.4) is 0 Å². The number of rotatable bonds is 7. The van der Waals surface area contributed by atoms with Crippen molar-refractivity contribution >= 4 is 23.7 Å². The summed E-state index contributed by atoms with van der Waals surface area (Å²) in [6.07, 6.45) is 5.21. The van der Waals surface area contributed by atoms with Gasteiger partial charge in [-0.25, -0.2) is 4.79 Å². The Balaban J connectivity index is 1.60. The van der Waals surface area contributed by atoms with Crippen molar-refractivity contribution in [1.29, 1.82) is 0 Å². The van der Waals surface area contributed by atoms with Crippen LogP contribution in [0.2, 0.25) is 0 Å². The van der Waals surface area contributed by atoms with E-state index in [4.69, 9.17) is 4.42 Å². The van der Waals surface area contributed by atoms with Crippen LogP contribution in [0.4, 0.5) is 4.79 Å². The van der Waals surface area contributed by atoms with Crippen molar-refractivity contribution in [2.75, 3.05) is 5.75 Å². The number of carbonyl (C=O) groups excluding carboxylic acids is 2. The highest BCUT2D eigenvalue weighted by atomic mass is 32.2. The second kappa shape index (κ2) is 7.35. The van der Waals surface area contributed by atoms with Gasteiger partial charge in [-0.15, -0.1) is 16.8 Å². The number of nitrogens with zero attached hydrogens (tertiary/aromatic N) is 3. The van der Waals surface area contributed by atoms with Crippen molar-refractivity contribution < 1.29 is 14.0 Å². The lowest BCUT2D eigenvalue weighted by atomic mass is 10.4. The molecular formula is C15H17N5O3S. The highest BCUT2D eigenvalue weighted by Crippen LogP contribution is 2.24. The lowest BCUT2D eigenvalue weighted by molar-refractivity contribution is -0.117. The summed E-state index contributed by atoms with van der Waals surface area (Å²) in [7, 11) is 0. The van der Waals surface area contributed by atoms with Gasteiger partial charge >= 0.3 is 6.03 Å². The molecule has 0 bridgehead atoms. The molecule has 24 heavy (non-hydrogen) atoms. The quantitative estimate of drug-likeness (QED) is 0.585. The van der Waals surface area contributed by atoms with E-state index in [0.717, 1.165) is 12.8 Å². The molecule has 3 rings (SSSR count). The van der Waals surface area contributed by atoms with E-state index in [1.807, 2.05) is 0 Å². The van der Waals surface area contributed by atoms with Gasteiger partial charge in [0, 0.05) is 12.6 Å². The van der Waals surface area contributed by atoms with Gasteiger partial charge in [-0.05, 0) is 25.0 Å². The molecule has 8 nitrogen and oxygen atoms in total. The summed E-state index contributed by atoms with van der Waals surface area (Å²) in [6, 6.07) is 3.30. The molecule has 3 amide bonds. The topological polar surface area (TPSA) is 102 Å². The van der Waals surface area contributed by atoms with Crippen LogP contribution in [0.15, 0.2) is 40.6 Å². The summed E-state index contributed by atoms with van der Waals surface area (Å²) in [4.78, 5) is 23.4. The van der Waals surface area contributed by atoms with Gasteiger partial charge in [0.05, 0.1) is 12.0 Å². The van der Waals surface area contributed by atoms with Gasteiger partial charge in [-0.1, -0.05) is 17.8 Å². The van der Waals surface area contributed by atoms with E-state index in [9.17, 15) is 9.59 Å². The Labute approximate surface area is 142 Å². The standard InChI is InChI=1S/C15H17N5O3S/c1-2-7-20-13(11-4-3-8-23-11)18-19-15(20)24-9-12(21)17-14(22)16-10-5-6-10/h2-4,8,10H,1,5-7,9H2,(H2,16,17,21,22). The Bertz CT molecular complexity index is 736. The fourth-order valence-electron chi connectivity index (χ4n) is 2.02. The third kappa shape index (κ3) is 4.05. The number of hydrogen-bond acceptors (Lipinski definition) is 6. The summed E-state index contributed by atoms with van der Waals surface area (Å²) in [5.41, 5.74) is 0. The van der Waals surface area contributed by atoms with Gasteiger partial charge in [0.25, 0.3) is 0 Å². The molecule has 0 radical (unpaired) electrons. The minimum Gasteiger partial charge on any atom is -0.461 e. The number of allylic oxidation sites excluding steroid dienone is 1. The summed E-state index contributed by atoms with van der Waals surface area (Å²) in [5.74, 6) is 0.829. The highest BCUT2D eigenvalue weighted by Gasteiger charge is 2.24. The first-order valence-corrected chi connectivity index (χ1v) is 8.47. The maximum atomic E-state index is 11.8. The first kappa shape index (κ1) is 16.3. The predicted octanol–water partition coefficient (Wildman–Crippen LogP) is 1.80. The van der Waals surface area contributed by atoms with Crippen LogP contribution in [0.5, 0.6) is 0 Å². The average molecular weight is 347 g/mol. The largest absolute Gasteiger partial charge is 0.461 e. The zero-order chi connectivity index (χ0) is 16.9. The Morgan fingerprint density at radius 2 is 2.29 bits per heavy atom. The van der Waals surface area contributed by atoms with Gasteiger partial charge < -0.3 is 9.73 Å². The zero-order valence-corrected chi connectivity index (χ0v) is 13.7. The van der Waals surface area contributed by atoms with Gasteiger partial charge in [0.15, 0.2) is 10.9 Å². The minimum absolute atomic E-state index is 0.0610. The second-order valence-corrected chi connectivity index (χ2v) is 6.21. The monoisotopic (exact) mass is 347 g/mol. The van der Waals surface area contributed by atoms with Gasteiger partial charge in [0.2, 0.25) is 11.7 Å². The first-order chi connectivity index (χ1) is 11.7. The van der Waals surface area contributed by atoms with Crippen molar-refractivity contribution in [3.63, 3.8) is 0 Å². The summed E-state index contributed by atoms with van der Waals surface area (Å²) in [6.45, 7) is 4.20. The maximum Gasteiger partial charge on any atom is 0.321 e. The molecule has 0 saturated heterocycles. The first-order valence-electron chi connectivity index (χ1n) is 7.48. The number of thioether (sulfide) groups is 1. The molecule has 9 heteroatoms. The van der Waals surface area contributed by atoms with Crippen LogP contribution < -0.4 is 10.6 Å². The molecule has 2 N–H and O–H groups in total. The molecule has 126 valence electrons. The molecule has 2 aromatic heterocycles. The molecular weight excluding hydrogens is 330 g/mol. The lowest BCUT2D eigenvalue weighted by Gasteiger charge is -2.07. The van der Waals surface area contributed by atoms with Crippen LogP contribution in [0, 0.1) is 0 Å². The van der Waals surface area contributed by atoms with Gasteiger partial charge in [-0.3, -0.25) is 14.7 Å². The number of urea groups is 1. The maximum absolute atomic E-state index is 11.8. The predicted molar refractivity (Wildman–Crippen MR) is 88.3 cm³/mol. The normalized spacial score (nSPS) is 13.5. The van der Waals surface area contributed by atoms with E-state index < -0.39 is 6.03 Å². The third-order valence-electron chi connectivity index (χ3n) is 3.27. The van der Waals surface area contributed by atoms with Crippen molar-refractivity contribution in [2.45, 2.75) is 30.6 Å². The number of aromatic nitrogens is 3. The van der Waals surface area contributed by atoms with E-state index in [-0.39, 0.29) is 17.7 Å². The molecule has 2 aromatic rings. The summed E-state index contributed by atoms with van der Waals surface area (Å²) in [5, 5.41) is 13.7. The fraction of sp³-hybridized carbons (Fsp3) is 0.333. The SMILES string of the molecule is C=CCn1c(SCC(=O)NC(=O)NC2CC2)nnc1-c1ccco1. The van der Waals surface area contributed by atoms with Gasteiger partial charge in [0.1, 0.15) is 0 Å². The van der Waals surface area contributed by atoms with E-state index in [1.165, 1.54) is 11.8 Å². The molecule has 2 heterocycles. The van der Waals surface area contributed by atoms with E-state index >= 15 is 0 Å². The number of imide groups is 1. The van der Waals surface area contributed by atoms with Crippen LogP contribution in [-0.2, 0) is 11.3 Å². The van der Waals surface area contributed by atoms with E-state index in [2.05, 4.69) is 27.4 Å². The summed E-state index contributed by atoms with van der Waals surface area (Å²) >= 11 is 1.20. The minimum atomic E-state index is -0.452. The van der Waals surface area contributed by atoms with E-state index in [1.54, 1.807) is 29.0 Å². The van der Waals surface area contributed by atoms with Crippen molar-refractivity contribution in [3.05, 3.63) is 31.1 Å². The number of nitrogens with one attached hydrogen (secondary N) is 2. The Morgan fingerprint density at radius 3 is 2.96 bits per heavy atom. The Kier molecular flexibility index (Phi) is 4.99. The Hall–Kier alpha value is -2.55. The molecule has 1 aliphatic rings. The third-order valence-corrected chi connectivity index (χ3v) is 4.23. The molecule has 0 aromatic carbocycles. The Morgan fingerprint density at radius 1 is 1.46 bits per heavy atom. The molecule has 0 aliphatic heterocycles. The molecule has 0 spiro atoms. The number of hydrogen-bond donors (Lipinski definition) is 2. The summed E-state index contributed by atoms with van der Waals surface area (Å²) < 4.78 is 7.14. The number of amides is 3. The van der Waals surface area contributed by atoms with Gasteiger partial charge in [-0.2, -0.15) is 0 Å². The number of furan rings is 1. The van der Waals surface area contributed by atoms with Crippen LogP contribution >= 0.6 is 11.8 Å². The highest BCUT2D eigenvalue weighted by molar-refractivity contribution is 7.99.